The Bertz CT molecular complexity index is 512. The smallest absolute Gasteiger partial charge is 0.308 e. The van der Waals surface area contributed by atoms with Crippen LogP contribution in [0.4, 0.5) is 0 Å². The van der Waals surface area contributed by atoms with Crippen LogP contribution >= 0.6 is 0 Å². The Balaban J connectivity index is 2.42. The van der Waals surface area contributed by atoms with E-state index >= 15 is 0 Å². The molecule has 1 aromatic rings. The lowest BCUT2D eigenvalue weighted by molar-refractivity contribution is -0.152. The van der Waals surface area contributed by atoms with Crippen molar-refractivity contribution in [1.29, 1.82) is 0 Å². The fourth-order valence-corrected chi connectivity index (χ4v) is 2.98. The Labute approximate surface area is 119 Å². The van der Waals surface area contributed by atoms with E-state index in [1.807, 2.05) is 38.1 Å². The van der Waals surface area contributed by atoms with Gasteiger partial charge in [0.2, 0.25) is 5.91 Å². The van der Waals surface area contributed by atoms with E-state index in [2.05, 4.69) is 0 Å². The first-order chi connectivity index (χ1) is 9.54. The molecule has 1 aliphatic rings. The number of benzene rings is 1. The van der Waals surface area contributed by atoms with Crippen LogP contribution in [0.25, 0.3) is 0 Å². The zero-order valence-corrected chi connectivity index (χ0v) is 12.0. The molecule has 108 valence electrons. The summed E-state index contributed by atoms with van der Waals surface area (Å²) in [6.45, 7) is 4.60. The van der Waals surface area contributed by atoms with Crippen LogP contribution in [0.5, 0.6) is 0 Å². The molecule has 1 amide bonds. The molecule has 1 fully saturated rings. The molecule has 2 unspecified atom stereocenters. The van der Waals surface area contributed by atoms with Crippen molar-refractivity contribution in [2.24, 2.45) is 5.92 Å². The van der Waals surface area contributed by atoms with E-state index in [0.717, 1.165) is 17.5 Å². The zero-order valence-electron chi connectivity index (χ0n) is 12.0. The molecule has 2 rings (SSSR count). The summed E-state index contributed by atoms with van der Waals surface area (Å²) in [6, 6.07) is 7.48. The first-order valence-corrected chi connectivity index (χ1v) is 7.13. The van der Waals surface area contributed by atoms with E-state index in [1.165, 1.54) is 0 Å². The van der Waals surface area contributed by atoms with E-state index in [1.54, 1.807) is 4.90 Å². The van der Waals surface area contributed by atoms with Crippen molar-refractivity contribution in [3.63, 3.8) is 0 Å². The Morgan fingerprint density at radius 2 is 2.20 bits per heavy atom. The SMILES string of the molecule is CCCN1C(=O)CCC(C(=O)O)C1c1cccc(C)c1. The summed E-state index contributed by atoms with van der Waals surface area (Å²) in [4.78, 5) is 25.4. The number of likely N-dealkylation sites (tertiary alicyclic amines) is 1. The standard InChI is InChI=1S/C16H21NO3/c1-3-9-17-14(18)8-7-13(16(19)20)15(17)12-6-4-5-11(2)10-12/h4-6,10,13,15H,3,7-9H2,1-2H3,(H,19,20). The number of carbonyl (C=O) groups is 2. The molecular weight excluding hydrogens is 254 g/mol. The maximum absolute atomic E-state index is 12.2. The summed E-state index contributed by atoms with van der Waals surface area (Å²) < 4.78 is 0. The van der Waals surface area contributed by atoms with Crippen LogP contribution in [-0.4, -0.2) is 28.4 Å². The predicted octanol–water partition coefficient (Wildman–Crippen LogP) is 2.77. The Kier molecular flexibility index (Phi) is 4.42. The summed E-state index contributed by atoms with van der Waals surface area (Å²) in [7, 11) is 0. The second-order valence-corrected chi connectivity index (χ2v) is 5.43. The number of aliphatic carboxylic acids is 1. The van der Waals surface area contributed by atoms with Gasteiger partial charge in [0, 0.05) is 13.0 Å². The molecule has 1 saturated heterocycles. The number of hydrogen-bond acceptors (Lipinski definition) is 2. The number of aryl methyl sites for hydroxylation is 1. The second kappa shape index (κ2) is 6.07. The van der Waals surface area contributed by atoms with Gasteiger partial charge in [-0.2, -0.15) is 0 Å². The number of amides is 1. The van der Waals surface area contributed by atoms with E-state index < -0.39 is 11.9 Å². The van der Waals surface area contributed by atoms with Gasteiger partial charge in [0.15, 0.2) is 0 Å². The van der Waals surface area contributed by atoms with Gasteiger partial charge >= 0.3 is 5.97 Å². The quantitative estimate of drug-likeness (QED) is 0.919. The number of rotatable bonds is 4. The molecule has 1 heterocycles. The normalized spacial score (nSPS) is 22.9. The summed E-state index contributed by atoms with van der Waals surface area (Å²) in [5.41, 5.74) is 2.01. The van der Waals surface area contributed by atoms with Gasteiger partial charge in [-0.25, -0.2) is 0 Å². The third-order valence-electron chi connectivity index (χ3n) is 3.87. The minimum absolute atomic E-state index is 0.0656. The summed E-state index contributed by atoms with van der Waals surface area (Å²) >= 11 is 0. The predicted molar refractivity (Wildman–Crippen MR) is 76.3 cm³/mol. The van der Waals surface area contributed by atoms with Gasteiger partial charge in [0.25, 0.3) is 0 Å². The average Bonchev–Trinajstić information content (AvgIpc) is 2.40. The zero-order chi connectivity index (χ0) is 14.7. The molecule has 0 aliphatic carbocycles. The van der Waals surface area contributed by atoms with Gasteiger partial charge in [-0.05, 0) is 25.3 Å². The minimum Gasteiger partial charge on any atom is -0.481 e. The molecule has 0 spiro atoms. The lowest BCUT2D eigenvalue weighted by atomic mass is 9.84. The first kappa shape index (κ1) is 14.6. The number of piperidine rings is 1. The van der Waals surface area contributed by atoms with Gasteiger partial charge < -0.3 is 10.0 Å². The molecule has 4 nitrogen and oxygen atoms in total. The number of carboxylic acid groups (broad SMARTS) is 1. The van der Waals surface area contributed by atoms with Crippen LogP contribution in [0, 0.1) is 12.8 Å². The monoisotopic (exact) mass is 275 g/mol. The lowest BCUT2D eigenvalue weighted by Crippen LogP contribution is -2.45. The highest BCUT2D eigenvalue weighted by atomic mass is 16.4. The fourth-order valence-electron chi connectivity index (χ4n) is 2.98. The number of carbonyl (C=O) groups excluding carboxylic acids is 1. The average molecular weight is 275 g/mol. The maximum Gasteiger partial charge on any atom is 0.308 e. The van der Waals surface area contributed by atoms with E-state index in [4.69, 9.17) is 0 Å². The Hall–Kier alpha value is -1.84. The van der Waals surface area contributed by atoms with Crippen molar-refractivity contribution in [3.8, 4) is 0 Å². The third kappa shape index (κ3) is 2.84. The molecule has 1 aliphatic heterocycles. The van der Waals surface area contributed by atoms with Crippen molar-refractivity contribution in [1.82, 2.24) is 4.90 Å². The van der Waals surface area contributed by atoms with Gasteiger partial charge in [0.1, 0.15) is 0 Å². The summed E-state index contributed by atoms with van der Waals surface area (Å²) in [6.07, 6.45) is 1.59. The van der Waals surface area contributed by atoms with Gasteiger partial charge in [-0.1, -0.05) is 36.8 Å². The van der Waals surface area contributed by atoms with Crippen molar-refractivity contribution in [2.75, 3.05) is 6.54 Å². The van der Waals surface area contributed by atoms with E-state index in [-0.39, 0.29) is 11.9 Å². The summed E-state index contributed by atoms with van der Waals surface area (Å²) in [5.74, 6) is -1.26. The van der Waals surface area contributed by atoms with Crippen molar-refractivity contribution in [2.45, 2.75) is 39.2 Å². The highest BCUT2D eigenvalue weighted by Gasteiger charge is 2.40. The lowest BCUT2D eigenvalue weighted by Gasteiger charge is -2.39. The third-order valence-corrected chi connectivity index (χ3v) is 3.87. The number of nitrogens with zero attached hydrogens (tertiary/aromatic N) is 1. The maximum atomic E-state index is 12.2. The molecule has 0 bridgehead atoms. The first-order valence-electron chi connectivity index (χ1n) is 7.13. The van der Waals surface area contributed by atoms with Crippen molar-refractivity contribution in [3.05, 3.63) is 35.4 Å². The van der Waals surface area contributed by atoms with E-state index in [0.29, 0.717) is 19.4 Å². The molecule has 0 saturated carbocycles. The summed E-state index contributed by atoms with van der Waals surface area (Å²) in [5, 5.41) is 9.47. The highest BCUT2D eigenvalue weighted by Crippen LogP contribution is 2.37. The Morgan fingerprint density at radius 1 is 1.45 bits per heavy atom. The van der Waals surface area contributed by atoms with Crippen molar-refractivity contribution >= 4 is 11.9 Å². The molecule has 20 heavy (non-hydrogen) atoms. The van der Waals surface area contributed by atoms with E-state index in [9.17, 15) is 14.7 Å². The largest absolute Gasteiger partial charge is 0.481 e. The number of hydrogen-bond donors (Lipinski definition) is 1. The molecular formula is C16H21NO3. The van der Waals surface area contributed by atoms with Crippen LogP contribution in [0.3, 0.4) is 0 Å². The van der Waals surface area contributed by atoms with Crippen LogP contribution in [0.1, 0.15) is 43.4 Å². The molecule has 1 aromatic carbocycles. The van der Waals surface area contributed by atoms with Crippen molar-refractivity contribution < 1.29 is 14.7 Å². The molecule has 0 radical (unpaired) electrons. The number of carboxylic acids is 1. The van der Waals surface area contributed by atoms with Gasteiger partial charge in [-0.3, -0.25) is 9.59 Å². The molecule has 2 atom stereocenters. The van der Waals surface area contributed by atoms with Crippen LogP contribution in [-0.2, 0) is 9.59 Å². The molecule has 4 heteroatoms. The fraction of sp³-hybridized carbons (Fsp3) is 0.500. The molecule has 1 N–H and O–H groups in total. The van der Waals surface area contributed by atoms with Crippen LogP contribution in [0.2, 0.25) is 0 Å². The van der Waals surface area contributed by atoms with Gasteiger partial charge in [0.05, 0.1) is 12.0 Å². The second-order valence-electron chi connectivity index (χ2n) is 5.43. The minimum atomic E-state index is -0.815. The Morgan fingerprint density at radius 3 is 2.80 bits per heavy atom. The van der Waals surface area contributed by atoms with Crippen LogP contribution in [0.15, 0.2) is 24.3 Å². The topological polar surface area (TPSA) is 57.6 Å². The highest BCUT2D eigenvalue weighted by molar-refractivity contribution is 5.81. The van der Waals surface area contributed by atoms with Gasteiger partial charge in [-0.15, -0.1) is 0 Å². The van der Waals surface area contributed by atoms with Crippen LogP contribution < -0.4 is 0 Å². The molecule has 0 aromatic heterocycles.